The Hall–Kier alpha value is -7.89. The molecule has 5 nitrogen and oxygen atoms in total. The first-order valence-corrected chi connectivity index (χ1v) is 22.0. The molecule has 9 aromatic rings. The van der Waals surface area contributed by atoms with E-state index in [4.69, 9.17) is 9.72 Å². The van der Waals surface area contributed by atoms with Crippen LogP contribution in [-0.4, -0.2) is 20.6 Å². The van der Waals surface area contributed by atoms with Gasteiger partial charge in [0.15, 0.2) is 0 Å². The number of nitrogens with zero attached hydrogens (tertiary/aromatic N) is 4. The number of hydrogen-bond acceptors (Lipinski definition) is 4. The van der Waals surface area contributed by atoms with Crippen LogP contribution in [0.4, 0.5) is 5.69 Å². The molecule has 4 heterocycles. The second-order valence-corrected chi connectivity index (χ2v) is 17.8. The zero-order chi connectivity index (χ0) is 43.4. The maximum absolute atomic E-state index is 7.14. The normalized spacial score (nSPS) is 14.6. The largest absolute Gasteiger partial charge is 0.457 e. The summed E-state index contributed by atoms with van der Waals surface area (Å²) < 4.78 is 9.41. The molecule has 5 heteroatoms. The van der Waals surface area contributed by atoms with Crippen molar-refractivity contribution in [3.8, 4) is 50.7 Å². The van der Waals surface area contributed by atoms with Gasteiger partial charge in [-0.25, -0.2) is 4.98 Å². The van der Waals surface area contributed by atoms with Gasteiger partial charge in [0.05, 0.1) is 16.7 Å². The Bertz CT molecular complexity index is 3240. The maximum atomic E-state index is 7.14. The van der Waals surface area contributed by atoms with Gasteiger partial charge in [-0.2, -0.15) is 0 Å². The van der Waals surface area contributed by atoms with E-state index in [1.165, 1.54) is 16.5 Å². The molecule has 0 aliphatic carbocycles. The second-order valence-electron chi connectivity index (χ2n) is 17.8. The van der Waals surface area contributed by atoms with Gasteiger partial charge < -0.3 is 14.5 Å². The predicted octanol–water partition coefficient (Wildman–Crippen LogP) is 15.1. The molecule has 2 aromatic heterocycles. The van der Waals surface area contributed by atoms with Crippen molar-refractivity contribution in [3.05, 3.63) is 229 Å². The summed E-state index contributed by atoms with van der Waals surface area (Å²) in [6.45, 7) is 8.86. The van der Waals surface area contributed by atoms with Crippen LogP contribution >= 0.6 is 0 Å². The molecule has 2 aliphatic rings. The number of anilines is 1. The summed E-state index contributed by atoms with van der Waals surface area (Å²) in [4.78, 5) is 9.65. The molecule has 0 spiro atoms. The molecule has 0 radical (unpaired) electrons. The van der Waals surface area contributed by atoms with Crippen molar-refractivity contribution in [1.82, 2.24) is 14.5 Å². The molecular weight excluding hydrogens is 781 g/mol. The number of para-hydroxylation sites is 1. The lowest BCUT2D eigenvalue weighted by molar-refractivity contribution is 0.470. The third-order valence-corrected chi connectivity index (χ3v) is 12.5. The van der Waals surface area contributed by atoms with Crippen LogP contribution in [0.15, 0.2) is 213 Å². The zero-order valence-electron chi connectivity index (χ0n) is 36.5. The van der Waals surface area contributed by atoms with E-state index in [-0.39, 0.29) is 11.6 Å². The van der Waals surface area contributed by atoms with Crippen molar-refractivity contribution in [2.75, 3.05) is 4.90 Å². The number of hydrogen-bond donors (Lipinski definition) is 0. The molecule has 1 unspecified atom stereocenters. The third-order valence-electron chi connectivity index (χ3n) is 12.5. The van der Waals surface area contributed by atoms with E-state index in [2.05, 4.69) is 249 Å². The van der Waals surface area contributed by atoms with Crippen molar-refractivity contribution >= 4 is 33.2 Å². The van der Waals surface area contributed by atoms with Crippen molar-refractivity contribution in [2.45, 2.75) is 39.3 Å². The van der Waals surface area contributed by atoms with Gasteiger partial charge in [-0.3, -0.25) is 4.57 Å². The van der Waals surface area contributed by atoms with E-state index in [0.717, 1.165) is 84.1 Å². The SMILES string of the molecule is Cc1ccc(N2C=C(c3cc(Oc4ccc5c6ccccc6n(-c6cc(C(C)(C)C)ccn6)c5c4)cc(-c4c(-c5ccccc5)cccc4-c4ccccc4)c3)N3C=CC=CC32)cc1. The molecule has 0 fully saturated rings. The molecule has 64 heavy (non-hydrogen) atoms. The average molecular weight is 829 g/mol. The van der Waals surface area contributed by atoms with Gasteiger partial charge in [0.1, 0.15) is 23.5 Å². The highest BCUT2D eigenvalue weighted by molar-refractivity contribution is 6.09. The van der Waals surface area contributed by atoms with Crippen molar-refractivity contribution in [1.29, 1.82) is 0 Å². The minimum Gasteiger partial charge on any atom is -0.457 e. The molecule has 0 amide bonds. The van der Waals surface area contributed by atoms with E-state index >= 15 is 0 Å². The average Bonchev–Trinajstić information content (AvgIpc) is 3.88. The Morgan fingerprint density at radius 3 is 1.97 bits per heavy atom. The van der Waals surface area contributed by atoms with Crippen molar-refractivity contribution < 1.29 is 4.74 Å². The van der Waals surface area contributed by atoms with Crippen LogP contribution in [-0.2, 0) is 5.41 Å². The van der Waals surface area contributed by atoms with Crippen LogP contribution < -0.4 is 9.64 Å². The lowest BCUT2D eigenvalue weighted by Gasteiger charge is -2.31. The Labute approximate surface area is 375 Å². The first-order valence-electron chi connectivity index (χ1n) is 22.0. The quantitative estimate of drug-likeness (QED) is 0.153. The number of aromatic nitrogens is 2. The second kappa shape index (κ2) is 15.8. The molecule has 0 saturated carbocycles. The lowest BCUT2D eigenvalue weighted by atomic mass is 9.87. The fourth-order valence-electron chi connectivity index (χ4n) is 9.31. The van der Waals surface area contributed by atoms with Gasteiger partial charge in [0.25, 0.3) is 0 Å². The number of rotatable bonds is 8. The van der Waals surface area contributed by atoms with Gasteiger partial charge in [-0.15, -0.1) is 0 Å². The van der Waals surface area contributed by atoms with E-state index in [1.807, 2.05) is 6.20 Å². The van der Waals surface area contributed by atoms with Crippen LogP contribution in [0, 0.1) is 6.92 Å². The summed E-state index contributed by atoms with van der Waals surface area (Å²) in [6.07, 6.45) is 12.9. The van der Waals surface area contributed by atoms with Crippen LogP contribution in [0.25, 0.3) is 66.7 Å². The monoisotopic (exact) mass is 828 g/mol. The van der Waals surface area contributed by atoms with Gasteiger partial charge in [0.2, 0.25) is 0 Å². The summed E-state index contributed by atoms with van der Waals surface area (Å²) in [5, 5.41) is 2.32. The standard InChI is InChI=1S/C59H48N4O/c1-40-25-27-46(28-26-40)62-39-55(61-33-14-13-24-57(61)62)43-34-44(58-49(41-16-7-5-8-17-41)21-15-22-50(58)42-18-9-6-10-19-42)36-48(35-43)64-47-29-30-52-51-20-11-12-23-53(51)63(54(52)38-47)56-37-45(31-32-60-56)59(2,3)4/h5-39,57H,1-4H3. The van der Waals surface area contributed by atoms with Gasteiger partial charge in [-0.1, -0.05) is 142 Å². The number of pyridine rings is 1. The molecule has 7 aromatic carbocycles. The highest BCUT2D eigenvalue weighted by atomic mass is 16.5. The molecule has 0 N–H and O–H groups in total. The van der Waals surface area contributed by atoms with Gasteiger partial charge in [0, 0.05) is 46.7 Å². The topological polar surface area (TPSA) is 33.5 Å². The van der Waals surface area contributed by atoms with Gasteiger partial charge >= 0.3 is 0 Å². The molecule has 0 bridgehead atoms. The smallest absolute Gasteiger partial charge is 0.137 e. The molecule has 0 saturated heterocycles. The molecule has 2 aliphatic heterocycles. The van der Waals surface area contributed by atoms with Crippen molar-refractivity contribution in [3.63, 3.8) is 0 Å². The Morgan fingerprint density at radius 2 is 1.23 bits per heavy atom. The van der Waals surface area contributed by atoms with Crippen LogP contribution in [0.2, 0.25) is 0 Å². The Kier molecular flexibility index (Phi) is 9.62. The van der Waals surface area contributed by atoms with Crippen molar-refractivity contribution in [2.24, 2.45) is 0 Å². The summed E-state index contributed by atoms with van der Waals surface area (Å²) in [5.41, 5.74) is 14.7. The zero-order valence-corrected chi connectivity index (χ0v) is 36.5. The van der Waals surface area contributed by atoms with E-state index in [9.17, 15) is 0 Å². The van der Waals surface area contributed by atoms with E-state index in [1.54, 1.807) is 0 Å². The lowest BCUT2D eigenvalue weighted by Crippen LogP contribution is -2.36. The number of aryl methyl sites for hydroxylation is 1. The maximum Gasteiger partial charge on any atom is 0.137 e. The first-order chi connectivity index (χ1) is 31.3. The summed E-state index contributed by atoms with van der Waals surface area (Å²) in [7, 11) is 0. The highest BCUT2D eigenvalue weighted by Crippen LogP contribution is 2.45. The molecule has 11 rings (SSSR count). The third kappa shape index (κ3) is 7.05. The fraction of sp³-hybridized carbons (Fsp3) is 0.102. The number of ether oxygens (including phenoxy) is 1. The Balaban J connectivity index is 1.12. The summed E-state index contributed by atoms with van der Waals surface area (Å²) >= 11 is 0. The molecule has 310 valence electrons. The fourth-order valence-corrected chi connectivity index (χ4v) is 9.31. The van der Waals surface area contributed by atoms with Crippen LogP contribution in [0.5, 0.6) is 11.5 Å². The number of benzene rings is 7. The van der Waals surface area contributed by atoms with Crippen LogP contribution in [0.3, 0.4) is 0 Å². The molecular formula is C59H48N4O. The number of fused-ring (bicyclic) bond motifs is 4. The number of allylic oxidation sites excluding steroid dienone is 2. The first kappa shape index (κ1) is 39.0. The highest BCUT2D eigenvalue weighted by Gasteiger charge is 2.32. The minimum atomic E-state index is -0.0286. The van der Waals surface area contributed by atoms with Crippen LogP contribution in [0.1, 0.15) is 37.5 Å². The predicted molar refractivity (Wildman–Crippen MR) is 266 cm³/mol. The van der Waals surface area contributed by atoms with E-state index in [0.29, 0.717) is 0 Å². The summed E-state index contributed by atoms with van der Waals surface area (Å²) in [5.74, 6) is 2.37. The Morgan fingerprint density at radius 1 is 0.547 bits per heavy atom. The molecule has 1 atom stereocenters. The van der Waals surface area contributed by atoms with Gasteiger partial charge in [-0.05, 0) is 124 Å². The summed E-state index contributed by atoms with van der Waals surface area (Å²) in [6, 6.07) is 62.9. The van der Waals surface area contributed by atoms with E-state index < -0.39 is 0 Å². The minimum absolute atomic E-state index is 0.0121.